The Kier molecular flexibility index (Phi) is 2.93. The Balaban J connectivity index is 1.50. The number of hydrogen-bond acceptors (Lipinski definition) is 4. The van der Waals surface area contributed by atoms with E-state index < -0.39 is 0 Å². The molecule has 0 unspecified atom stereocenters. The maximum Gasteiger partial charge on any atom is 0.269 e. The van der Waals surface area contributed by atoms with Crippen LogP contribution >= 0.6 is 0 Å². The zero-order valence-electron chi connectivity index (χ0n) is 10.0. The van der Waals surface area contributed by atoms with Crippen LogP contribution in [0.1, 0.15) is 6.04 Å². The summed E-state index contributed by atoms with van der Waals surface area (Å²) in [6.45, 7) is 3.61. The Morgan fingerprint density at radius 2 is 2.11 bits per heavy atom. The molecule has 0 atom stereocenters. The molecule has 0 bridgehead atoms. The normalized spacial score (nSPS) is 16.7. The molecule has 0 N–H and O–H groups in total. The Bertz CT molecular complexity index is 556. The summed E-state index contributed by atoms with van der Waals surface area (Å²) >= 11 is 0. The minimum absolute atomic E-state index is 0.0401. The highest BCUT2D eigenvalue weighted by molar-refractivity contribution is 4.89. The fraction of sp³-hybridized carbons (Fsp3) is 0.417. The predicted octanol–water partition coefficient (Wildman–Crippen LogP) is -0.00330. The van der Waals surface area contributed by atoms with Gasteiger partial charge in [0.15, 0.2) is 0 Å². The third-order valence-corrected chi connectivity index (χ3v) is 3.29. The van der Waals surface area contributed by atoms with Crippen molar-refractivity contribution in [3.8, 4) is 0 Å². The van der Waals surface area contributed by atoms with Crippen LogP contribution in [0.15, 0.2) is 41.8 Å². The van der Waals surface area contributed by atoms with E-state index in [4.69, 9.17) is 0 Å². The second-order valence-corrected chi connectivity index (χ2v) is 4.51. The highest BCUT2D eigenvalue weighted by Crippen LogP contribution is 2.19. The number of aromatic nitrogens is 4. The molecule has 1 fully saturated rings. The van der Waals surface area contributed by atoms with Crippen LogP contribution in [-0.2, 0) is 6.54 Å². The fourth-order valence-corrected chi connectivity index (χ4v) is 2.20. The lowest BCUT2D eigenvalue weighted by molar-refractivity contribution is 0.0942. The molecular formula is C12H15N5O. The Morgan fingerprint density at radius 3 is 2.83 bits per heavy atom. The van der Waals surface area contributed by atoms with Crippen LogP contribution in [0, 0.1) is 0 Å². The lowest BCUT2D eigenvalue weighted by Crippen LogP contribution is -2.49. The van der Waals surface area contributed by atoms with E-state index >= 15 is 0 Å². The minimum Gasteiger partial charge on any atom is -0.311 e. The number of hydrogen-bond donors (Lipinski definition) is 0. The molecular weight excluding hydrogens is 230 g/mol. The van der Waals surface area contributed by atoms with Gasteiger partial charge >= 0.3 is 0 Å². The minimum atomic E-state index is -0.0401. The second kappa shape index (κ2) is 4.73. The molecule has 0 radical (unpaired) electrons. The molecule has 18 heavy (non-hydrogen) atoms. The highest BCUT2D eigenvalue weighted by atomic mass is 16.1. The van der Waals surface area contributed by atoms with E-state index in [2.05, 4.69) is 15.0 Å². The Morgan fingerprint density at radius 1 is 1.22 bits per heavy atom. The maximum absolute atomic E-state index is 11.5. The average Bonchev–Trinajstić information content (AvgIpc) is 2.83. The van der Waals surface area contributed by atoms with Gasteiger partial charge in [0.2, 0.25) is 0 Å². The van der Waals surface area contributed by atoms with Gasteiger partial charge in [-0.1, -0.05) is 0 Å². The van der Waals surface area contributed by atoms with Crippen molar-refractivity contribution in [1.29, 1.82) is 0 Å². The van der Waals surface area contributed by atoms with Gasteiger partial charge in [-0.2, -0.15) is 5.10 Å². The fourth-order valence-electron chi connectivity index (χ4n) is 2.20. The molecule has 0 aliphatic carbocycles. The molecule has 1 aliphatic rings. The molecule has 94 valence electrons. The van der Waals surface area contributed by atoms with E-state index in [1.165, 1.54) is 6.20 Å². The quantitative estimate of drug-likeness (QED) is 0.760. The molecule has 0 spiro atoms. The summed E-state index contributed by atoms with van der Waals surface area (Å²) in [5, 5.41) is 4.23. The van der Waals surface area contributed by atoms with Gasteiger partial charge in [0.25, 0.3) is 5.56 Å². The first kappa shape index (κ1) is 11.2. The van der Waals surface area contributed by atoms with Gasteiger partial charge in [-0.25, -0.2) is 0 Å². The van der Waals surface area contributed by atoms with Crippen LogP contribution in [0.4, 0.5) is 0 Å². The molecule has 6 nitrogen and oxygen atoms in total. The summed E-state index contributed by atoms with van der Waals surface area (Å²) in [5.41, 5.74) is -0.0401. The summed E-state index contributed by atoms with van der Waals surface area (Å²) < 4.78 is 3.68. The monoisotopic (exact) mass is 245 g/mol. The first-order chi connectivity index (χ1) is 8.83. The maximum atomic E-state index is 11.5. The Hall–Kier alpha value is -1.95. The van der Waals surface area contributed by atoms with Crippen LogP contribution < -0.4 is 5.56 Å². The third kappa shape index (κ3) is 2.19. The van der Waals surface area contributed by atoms with Gasteiger partial charge in [0.05, 0.1) is 12.2 Å². The molecule has 6 heteroatoms. The summed E-state index contributed by atoms with van der Waals surface area (Å²) in [7, 11) is 0. The van der Waals surface area contributed by atoms with E-state index in [1.807, 2.05) is 16.9 Å². The third-order valence-electron chi connectivity index (χ3n) is 3.29. The van der Waals surface area contributed by atoms with Crippen molar-refractivity contribution in [2.75, 3.05) is 19.6 Å². The van der Waals surface area contributed by atoms with Crippen molar-refractivity contribution in [2.24, 2.45) is 0 Å². The lowest BCUT2D eigenvalue weighted by Gasteiger charge is -2.39. The SMILES string of the molecule is O=c1cnccn1CCN1CC(n2cccn2)C1. The summed E-state index contributed by atoms with van der Waals surface area (Å²) in [6.07, 6.45) is 8.52. The van der Waals surface area contributed by atoms with Crippen molar-refractivity contribution in [3.05, 3.63) is 47.4 Å². The van der Waals surface area contributed by atoms with Crippen molar-refractivity contribution < 1.29 is 0 Å². The van der Waals surface area contributed by atoms with Crippen LogP contribution in [0.5, 0.6) is 0 Å². The largest absolute Gasteiger partial charge is 0.311 e. The van der Waals surface area contributed by atoms with Gasteiger partial charge in [0.1, 0.15) is 0 Å². The summed E-state index contributed by atoms with van der Waals surface area (Å²) in [4.78, 5) is 17.6. The Labute approximate surface area is 104 Å². The average molecular weight is 245 g/mol. The lowest BCUT2D eigenvalue weighted by atomic mass is 10.1. The molecule has 1 aliphatic heterocycles. The van der Waals surface area contributed by atoms with Crippen molar-refractivity contribution in [1.82, 2.24) is 24.2 Å². The number of nitrogens with zero attached hydrogens (tertiary/aromatic N) is 5. The number of likely N-dealkylation sites (tertiary alicyclic amines) is 1. The molecule has 0 aromatic carbocycles. The first-order valence-corrected chi connectivity index (χ1v) is 6.05. The van der Waals surface area contributed by atoms with Crippen LogP contribution in [-0.4, -0.2) is 43.9 Å². The molecule has 1 saturated heterocycles. The van der Waals surface area contributed by atoms with Gasteiger partial charge < -0.3 is 4.57 Å². The van der Waals surface area contributed by atoms with Gasteiger partial charge in [-0.05, 0) is 6.07 Å². The molecule has 3 rings (SSSR count). The predicted molar refractivity (Wildman–Crippen MR) is 66.2 cm³/mol. The molecule has 0 amide bonds. The number of rotatable bonds is 4. The zero-order valence-corrected chi connectivity index (χ0v) is 10.0. The van der Waals surface area contributed by atoms with E-state index in [-0.39, 0.29) is 5.56 Å². The van der Waals surface area contributed by atoms with Crippen LogP contribution in [0.3, 0.4) is 0 Å². The van der Waals surface area contributed by atoms with Gasteiger partial charge in [-0.3, -0.25) is 19.4 Å². The molecule has 2 aromatic rings. The van der Waals surface area contributed by atoms with E-state index in [1.54, 1.807) is 23.2 Å². The molecule has 0 saturated carbocycles. The van der Waals surface area contributed by atoms with Gasteiger partial charge in [0, 0.05) is 51.0 Å². The van der Waals surface area contributed by atoms with Crippen LogP contribution in [0.25, 0.3) is 0 Å². The topological polar surface area (TPSA) is 56.0 Å². The van der Waals surface area contributed by atoms with Gasteiger partial charge in [-0.15, -0.1) is 0 Å². The molecule has 3 heterocycles. The van der Waals surface area contributed by atoms with E-state index in [9.17, 15) is 4.79 Å². The first-order valence-electron chi connectivity index (χ1n) is 6.05. The van der Waals surface area contributed by atoms with E-state index in [0.717, 1.165) is 19.6 Å². The summed E-state index contributed by atoms with van der Waals surface area (Å²) in [6, 6.07) is 2.42. The molecule has 2 aromatic heterocycles. The van der Waals surface area contributed by atoms with Crippen molar-refractivity contribution in [2.45, 2.75) is 12.6 Å². The van der Waals surface area contributed by atoms with E-state index in [0.29, 0.717) is 12.6 Å². The standard InChI is InChI=1S/C12H15N5O/c18-12-8-13-3-5-16(12)7-6-15-9-11(10-15)17-4-1-2-14-17/h1-5,8,11H,6-7,9-10H2. The van der Waals surface area contributed by atoms with Crippen molar-refractivity contribution in [3.63, 3.8) is 0 Å². The van der Waals surface area contributed by atoms with Crippen LogP contribution in [0.2, 0.25) is 0 Å². The smallest absolute Gasteiger partial charge is 0.269 e. The van der Waals surface area contributed by atoms with Crippen molar-refractivity contribution >= 4 is 0 Å². The highest BCUT2D eigenvalue weighted by Gasteiger charge is 2.27. The second-order valence-electron chi connectivity index (χ2n) is 4.51. The zero-order chi connectivity index (χ0) is 12.4. The summed E-state index contributed by atoms with van der Waals surface area (Å²) in [5.74, 6) is 0.